The molecule has 0 fully saturated rings. The first-order valence-corrected chi connectivity index (χ1v) is 12.6. The molecule has 10 nitrogen and oxygen atoms in total. The highest BCUT2D eigenvalue weighted by Gasteiger charge is 2.22. The zero-order valence-corrected chi connectivity index (χ0v) is 20.2. The predicted octanol–water partition coefficient (Wildman–Crippen LogP) is 3.19. The van der Waals surface area contributed by atoms with Crippen LogP contribution < -0.4 is 14.9 Å². The minimum atomic E-state index is -3.45. The fourth-order valence-electron chi connectivity index (χ4n) is 3.67. The van der Waals surface area contributed by atoms with Gasteiger partial charge < -0.3 is 5.32 Å². The number of fused-ring (bicyclic) bond motifs is 1. The third-order valence-electron chi connectivity index (χ3n) is 5.23. The van der Waals surface area contributed by atoms with E-state index in [0.29, 0.717) is 46.1 Å². The second kappa shape index (κ2) is 9.55. The first-order valence-electron chi connectivity index (χ1n) is 10.7. The van der Waals surface area contributed by atoms with Gasteiger partial charge in [-0.15, -0.1) is 0 Å². The molecule has 0 saturated heterocycles. The van der Waals surface area contributed by atoms with Gasteiger partial charge in [0.2, 0.25) is 10.0 Å². The summed E-state index contributed by atoms with van der Waals surface area (Å²) in [7, 11) is -1.78. The quantitative estimate of drug-likeness (QED) is 0.408. The van der Waals surface area contributed by atoms with E-state index in [1.165, 1.54) is 11.0 Å². The number of benzene rings is 1. The zero-order valence-electron chi connectivity index (χ0n) is 19.4. The van der Waals surface area contributed by atoms with Crippen molar-refractivity contribution in [3.05, 3.63) is 83.9 Å². The van der Waals surface area contributed by atoms with Crippen LogP contribution >= 0.6 is 0 Å². The Bertz CT molecular complexity index is 1520. The van der Waals surface area contributed by atoms with Crippen LogP contribution in [0.2, 0.25) is 0 Å². The van der Waals surface area contributed by atoms with Crippen molar-refractivity contribution in [1.29, 1.82) is 0 Å². The van der Waals surface area contributed by atoms with E-state index in [2.05, 4.69) is 20.0 Å². The summed E-state index contributed by atoms with van der Waals surface area (Å²) >= 11 is 0. The molecule has 180 valence electrons. The summed E-state index contributed by atoms with van der Waals surface area (Å²) in [6.45, 7) is 1.95. The van der Waals surface area contributed by atoms with Gasteiger partial charge in [0, 0.05) is 36.9 Å². The van der Waals surface area contributed by atoms with Crippen LogP contribution in [0.5, 0.6) is 0 Å². The molecule has 1 aromatic carbocycles. The van der Waals surface area contributed by atoms with Gasteiger partial charge in [-0.2, -0.15) is 0 Å². The highest BCUT2D eigenvalue weighted by atomic mass is 32.2. The molecule has 11 heteroatoms. The Morgan fingerprint density at radius 2 is 1.74 bits per heavy atom. The second-order valence-corrected chi connectivity index (χ2v) is 9.64. The number of sulfonamides is 1. The first kappa shape index (κ1) is 23.9. The Kier molecular flexibility index (Phi) is 6.52. The Balaban J connectivity index is 1.66. The van der Waals surface area contributed by atoms with Crippen LogP contribution in [0.25, 0.3) is 5.65 Å². The van der Waals surface area contributed by atoms with Crippen LogP contribution in [0.1, 0.15) is 33.3 Å². The predicted molar refractivity (Wildman–Crippen MR) is 134 cm³/mol. The summed E-state index contributed by atoms with van der Waals surface area (Å²) in [6.07, 6.45) is 6.38. The maximum atomic E-state index is 13.1. The number of aromatic nitrogens is 3. The van der Waals surface area contributed by atoms with Crippen LogP contribution in [0.4, 0.5) is 17.2 Å². The molecule has 3 heterocycles. The van der Waals surface area contributed by atoms with Crippen molar-refractivity contribution in [2.75, 3.05) is 28.2 Å². The molecule has 4 rings (SSSR count). The average molecular weight is 493 g/mol. The highest BCUT2D eigenvalue weighted by molar-refractivity contribution is 7.92. The minimum Gasteiger partial charge on any atom is -0.322 e. The van der Waals surface area contributed by atoms with Crippen molar-refractivity contribution < 1.29 is 18.0 Å². The maximum Gasteiger partial charge on any atom is 0.259 e. The molecule has 0 radical (unpaired) electrons. The molecule has 0 aliphatic rings. The summed E-state index contributed by atoms with van der Waals surface area (Å²) in [6, 6.07) is 13.0. The number of carbonyl (C=O) groups excluding carboxylic acids is 2. The molecule has 0 unspecified atom stereocenters. The van der Waals surface area contributed by atoms with E-state index < -0.39 is 15.9 Å². The van der Waals surface area contributed by atoms with Crippen LogP contribution in [0, 0.1) is 0 Å². The molecule has 3 aromatic heterocycles. The highest BCUT2D eigenvalue weighted by Crippen LogP contribution is 2.25. The molecular weight excluding hydrogens is 468 g/mol. The van der Waals surface area contributed by atoms with Crippen LogP contribution in [-0.4, -0.2) is 47.9 Å². The van der Waals surface area contributed by atoms with Gasteiger partial charge in [-0.05, 0) is 48.9 Å². The molecule has 0 saturated carbocycles. The number of anilines is 3. The van der Waals surface area contributed by atoms with Gasteiger partial charge in [-0.3, -0.25) is 28.6 Å². The van der Waals surface area contributed by atoms with Gasteiger partial charge in [0.15, 0.2) is 0 Å². The van der Waals surface area contributed by atoms with E-state index in [0.717, 1.165) is 6.26 Å². The van der Waals surface area contributed by atoms with Crippen molar-refractivity contribution in [1.82, 2.24) is 14.4 Å². The lowest BCUT2D eigenvalue weighted by Crippen LogP contribution is -2.28. The lowest BCUT2D eigenvalue weighted by Gasteiger charge is -2.18. The third kappa shape index (κ3) is 5.30. The smallest absolute Gasteiger partial charge is 0.259 e. The molecule has 2 amide bonds. The SMILES string of the molecule is CCc1nc2ccc(C(=O)Nc3cccc(NS(C)(=O)=O)c3)cn2c1N(C)C(=O)c1ccncc1. The molecule has 0 aliphatic carbocycles. The number of aryl methyl sites for hydroxylation is 1. The normalized spacial score (nSPS) is 11.3. The number of imidazole rings is 1. The van der Waals surface area contributed by atoms with E-state index in [9.17, 15) is 18.0 Å². The van der Waals surface area contributed by atoms with E-state index in [1.807, 2.05) is 6.92 Å². The lowest BCUT2D eigenvalue weighted by atomic mass is 10.2. The molecule has 0 spiro atoms. The number of nitrogens with one attached hydrogen (secondary N) is 2. The van der Waals surface area contributed by atoms with Crippen molar-refractivity contribution in [2.45, 2.75) is 13.3 Å². The van der Waals surface area contributed by atoms with Gasteiger partial charge in [0.1, 0.15) is 11.5 Å². The average Bonchev–Trinajstić information content (AvgIpc) is 3.20. The third-order valence-corrected chi connectivity index (χ3v) is 5.84. The molecule has 0 aliphatic heterocycles. The van der Waals surface area contributed by atoms with E-state index >= 15 is 0 Å². The maximum absolute atomic E-state index is 13.1. The van der Waals surface area contributed by atoms with E-state index in [-0.39, 0.29) is 5.91 Å². The van der Waals surface area contributed by atoms with Crippen molar-refractivity contribution in [3.8, 4) is 0 Å². The summed E-state index contributed by atoms with van der Waals surface area (Å²) < 4.78 is 27.1. The molecule has 35 heavy (non-hydrogen) atoms. The standard InChI is InChI=1S/C24H24N6O4S/c1-4-20-23(29(2)24(32)16-10-12-25-13-11-16)30-15-17(8-9-21(30)27-20)22(31)26-18-6-5-7-19(14-18)28-35(3,33)34/h5-15,28H,4H2,1-3H3,(H,26,31). The van der Waals surface area contributed by atoms with E-state index in [4.69, 9.17) is 0 Å². The summed E-state index contributed by atoms with van der Waals surface area (Å²) in [5.74, 6) is -0.0588. The first-order chi connectivity index (χ1) is 16.7. The number of nitrogens with zero attached hydrogens (tertiary/aromatic N) is 4. The van der Waals surface area contributed by atoms with Gasteiger partial charge in [0.25, 0.3) is 11.8 Å². The summed E-state index contributed by atoms with van der Waals surface area (Å²) in [5.41, 5.74) is 2.89. The van der Waals surface area contributed by atoms with Gasteiger partial charge in [-0.1, -0.05) is 13.0 Å². The van der Waals surface area contributed by atoms with Gasteiger partial charge >= 0.3 is 0 Å². The number of carbonyl (C=O) groups is 2. The van der Waals surface area contributed by atoms with Crippen molar-refractivity contribution in [2.24, 2.45) is 0 Å². The van der Waals surface area contributed by atoms with Crippen molar-refractivity contribution >= 4 is 44.7 Å². The number of pyridine rings is 2. The minimum absolute atomic E-state index is 0.228. The Hall–Kier alpha value is -4.25. The molecule has 2 N–H and O–H groups in total. The number of rotatable bonds is 7. The summed E-state index contributed by atoms with van der Waals surface area (Å²) in [5, 5.41) is 2.77. The number of hydrogen-bond acceptors (Lipinski definition) is 6. The topological polar surface area (TPSA) is 126 Å². The lowest BCUT2D eigenvalue weighted by molar-refractivity contribution is 0.0990. The van der Waals surface area contributed by atoms with Gasteiger partial charge in [0.05, 0.1) is 23.2 Å². The largest absolute Gasteiger partial charge is 0.322 e. The second-order valence-electron chi connectivity index (χ2n) is 7.89. The molecular formula is C24H24N6O4S. The monoisotopic (exact) mass is 492 g/mol. The fourth-order valence-corrected chi connectivity index (χ4v) is 4.22. The molecule has 4 aromatic rings. The fraction of sp³-hybridized carbons (Fsp3) is 0.167. The molecule has 0 atom stereocenters. The Morgan fingerprint density at radius 3 is 2.43 bits per heavy atom. The van der Waals surface area contributed by atoms with E-state index in [1.54, 1.807) is 72.5 Å². The Labute approximate surface area is 202 Å². The van der Waals surface area contributed by atoms with Crippen LogP contribution in [0.3, 0.4) is 0 Å². The van der Waals surface area contributed by atoms with Crippen LogP contribution in [0.15, 0.2) is 67.1 Å². The summed E-state index contributed by atoms with van der Waals surface area (Å²) in [4.78, 5) is 36.2. The van der Waals surface area contributed by atoms with Crippen molar-refractivity contribution in [3.63, 3.8) is 0 Å². The number of hydrogen-bond donors (Lipinski definition) is 2. The van der Waals surface area contributed by atoms with Crippen LogP contribution in [-0.2, 0) is 16.4 Å². The number of amides is 2. The Morgan fingerprint density at radius 1 is 1.03 bits per heavy atom. The molecule has 0 bridgehead atoms. The van der Waals surface area contributed by atoms with Gasteiger partial charge in [-0.25, -0.2) is 13.4 Å². The zero-order chi connectivity index (χ0) is 25.2.